The standard InChI is InChI=1S/C26H27O4S.C2H3F3O3S/c1-2-6-22(7-3-1)31(23-14-10-20(11-15-23)29-25-8-4-18-27-25)24-16-12-21(13-17-24)30-26-9-5-19-28-26;3-2(4,5)1-9(6,7)8/h1-3,6-7,10-17,25-26H,4-5,8-9,18-19H2;1H2,(H,6,7,8)/q+1;/p-1. The van der Waals surface area contributed by atoms with Gasteiger partial charge in [-0.2, -0.15) is 13.2 Å². The third-order valence-corrected chi connectivity index (χ3v) is 8.66. The minimum absolute atomic E-state index is 0.116. The molecule has 216 valence electrons. The SMILES string of the molecule is O=S(=O)([O-])CC(F)(F)F.c1ccc([S+](c2ccc(OC3CCCO3)cc2)c2ccc(OC3CCCO3)cc2)cc1. The molecule has 3 aromatic rings. The second-order valence-corrected chi connectivity index (χ2v) is 12.4. The zero-order valence-electron chi connectivity index (χ0n) is 21.4. The summed E-state index contributed by atoms with van der Waals surface area (Å²) < 4.78 is 84.1. The van der Waals surface area contributed by atoms with Gasteiger partial charge in [0.25, 0.3) is 0 Å². The van der Waals surface area contributed by atoms with E-state index in [0.717, 1.165) is 50.4 Å². The molecule has 0 bridgehead atoms. The third kappa shape index (κ3) is 9.70. The highest BCUT2D eigenvalue weighted by atomic mass is 32.2. The van der Waals surface area contributed by atoms with Crippen LogP contribution in [0.15, 0.2) is 93.5 Å². The van der Waals surface area contributed by atoms with E-state index in [2.05, 4.69) is 78.9 Å². The van der Waals surface area contributed by atoms with E-state index in [9.17, 15) is 26.1 Å². The molecule has 0 amide bonds. The molecule has 2 aliphatic heterocycles. The topological polar surface area (TPSA) is 94.1 Å². The van der Waals surface area contributed by atoms with Gasteiger partial charge in [-0.25, -0.2) is 8.42 Å². The van der Waals surface area contributed by atoms with Crippen LogP contribution in [0, 0.1) is 0 Å². The van der Waals surface area contributed by atoms with Crippen molar-refractivity contribution in [1.82, 2.24) is 0 Å². The predicted molar refractivity (Wildman–Crippen MR) is 141 cm³/mol. The minimum atomic E-state index is -5.16. The first-order chi connectivity index (χ1) is 19.1. The summed E-state index contributed by atoms with van der Waals surface area (Å²) in [6.45, 7) is 1.57. The molecule has 2 heterocycles. The minimum Gasteiger partial charge on any atom is -0.748 e. The average Bonchev–Trinajstić information content (AvgIpc) is 3.60. The first-order valence-electron chi connectivity index (χ1n) is 12.6. The van der Waals surface area contributed by atoms with Crippen LogP contribution in [0.25, 0.3) is 0 Å². The number of alkyl halides is 3. The van der Waals surface area contributed by atoms with Crippen molar-refractivity contribution in [2.24, 2.45) is 0 Å². The summed E-state index contributed by atoms with van der Waals surface area (Å²) in [5.74, 6) is -0.583. The van der Waals surface area contributed by atoms with Crippen molar-refractivity contribution in [3.63, 3.8) is 0 Å². The molecule has 12 heteroatoms. The van der Waals surface area contributed by atoms with E-state index in [0.29, 0.717) is 0 Å². The fourth-order valence-corrected chi connectivity index (χ4v) is 6.52. The second kappa shape index (κ2) is 13.7. The van der Waals surface area contributed by atoms with Crippen LogP contribution in [0.2, 0.25) is 0 Å². The van der Waals surface area contributed by atoms with Crippen LogP contribution in [0.4, 0.5) is 13.2 Å². The summed E-state index contributed by atoms with van der Waals surface area (Å²) in [4.78, 5) is 3.78. The number of hydrogen-bond donors (Lipinski definition) is 0. The highest BCUT2D eigenvalue weighted by Crippen LogP contribution is 2.34. The van der Waals surface area contributed by atoms with E-state index in [1.54, 1.807) is 0 Å². The van der Waals surface area contributed by atoms with Crippen molar-refractivity contribution in [3.05, 3.63) is 78.9 Å². The maximum Gasteiger partial charge on any atom is 0.401 e. The Hall–Kier alpha value is -2.77. The van der Waals surface area contributed by atoms with Crippen molar-refractivity contribution >= 4 is 21.0 Å². The molecule has 0 N–H and O–H groups in total. The maximum atomic E-state index is 11.0. The third-order valence-electron chi connectivity index (χ3n) is 5.75. The summed E-state index contributed by atoms with van der Waals surface area (Å²) in [5, 5.41) is 0. The molecular weight excluding hydrogens is 569 g/mol. The van der Waals surface area contributed by atoms with Crippen molar-refractivity contribution in [2.45, 2.75) is 59.1 Å². The Morgan fingerprint density at radius 2 is 1.18 bits per heavy atom. The van der Waals surface area contributed by atoms with Gasteiger partial charge in [0.05, 0.1) is 24.1 Å². The zero-order valence-corrected chi connectivity index (χ0v) is 23.1. The normalized spacial score (nSPS) is 19.9. The molecule has 0 aromatic heterocycles. The zero-order chi connectivity index (χ0) is 28.6. The summed E-state index contributed by atoms with van der Waals surface area (Å²) in [7, 11) is -5.37. The molecule has 5 rings (SSSR count). The van der Waals surface area contributed by atoms with E-state index in [-0.39, 0.29) is 23.5 Å². The monoisotopic (exact) mass is 598 g/mol. The van der Waals surface area contributed by atoms with Crippen LogP contribution >= 0.6 is 0 Å². The molecule has 2 unspecified atom stereocenters. The fourth-order valence-electron chi connectivity index (χ4n) is 4.06. The highest BCUT2D eigenvalue weighted by Gasteiger charge is 2.31. The number of halogens is 3. The van der Waals surface area contributed by atoms with Gasteiger partial charge in [0, 0.05) is 12.8 Å². The van der Waals surface area contributed by atoms with Gasteiger partial charge in [0.1, 0.15) is 27.4 Å². The van der Waals surface area contributed by atoms with Crippen LogP contribution in [0.1, 0.15) is 25.7 Å². The van der Waals surface area contributed by atoms with Crippen molar-refractivity contribution in [2.75, 3.05) is 19.0 Å². The number of benzene rings is 3. The molecule has 7 nitrogen and oxygen atoms in total. The molecule has 0 aliphatic carbocycles. The molecule has 2 saturated heterocycles. The summed E-state index contributed by atoms with van der Waals surface area (Å²) in [6.07, 6.45) is -1.11. The highest BCUT2D eigenvalue weighted by molar-refractivity contribution is 7.97. The lowest BCUT2D eigenvalue weighted by molar-refractivity contribution is -0.107. The number of rotatable bonds is 8. The summed E-state index contributed by atoms with van der Waals surface area (Å²) in [6, 6.07) is 27.5. The first-order valence-corrected chi connectivity index (χ1v) is 15.4. The van der Waals surface area contributed by atoms with E-state index in [1.807, 2.05) is 0 Å². The van der Waals surface area contributed by atoms with Crippen LogP contribution in [-0.4, -0.2) is 50.7 Å². The lowest BCUT2D eigenvalue weighted by Gasteiger charge is -2.14. The van der Waals surface area contributed by atoms with Crippen molar-refractivity contribution in [3.8, 4) is 11.5 Å². The lowest BCUT2D eigenvalue weighted by atomic mass is 10.3. The van der Waals surface area contributed by atoms with E-state index in [1.165, 1.54) is 14.7 Å². The Morgan fingerprint density at radius 1 is 0.750 bits per heavy atom. The fraction of sp³-hybridized carbons (Fsp3) is 0.357. The largest absolute Gasteiger partial charge is 0.748 e. The molecule has 0 saturated carbocycles. The second-order valence-electron chi connectivity index (χ2n) is 9.00. The Balaban J connectivity index is 0.000000357. The maximum absolute atomic E-state index is 11.0. The average molecular weight is 599 g/mol. The van der Waals surface area contributed by atoms with E-state index in [4.69, 9.17) is 18.9 Å². The van der Waals surface area contributed by atoms with Gasteiger partial charge in [-0.1, -0.05) is 18.2 Å². The molecular formula is C28H29F3O7S2. The van der Waals surface area contributed by atoms with Gasteiger partial charge < -0.3 is 23.5 Å². The number of ether oxygens (including phenoxy) is 4. The van der Waals surface area contributed by atoms with Crippen LogP contribution in [-0.2, 0) is 30.5 Å². The predicted octanol–water partition coefficient (Wildman–Crippen LogP) is 5.91. The van der Waals surface area contributed by atoms with Gasteiger partial charge in [-0.05, 0) is 73.5 Å². The molecule has 2 aliphatic rings. The Kier molecular flexibility index (Phi) is 10.4. The van der Waals surface area contributed by atoms with Gasteiger partial charge in [-0.15, -0.1) is 0 Å². The van der Waals surface area contributed by atoms with Crippen LogP contribution < -0.4 is 9.47 Å². The molecule has 0 spiro atoms. The number of hydrogen-bond acceptors (Lipinski definition) is 7. The molecule has 0 radical (unpaired) electrons. The first kappa shape index (κ1) is 30.2. The van der Waals surface area contributed by atoms with E-state index >= 15 is 0 Å². The Bertz CT molecular complexity index is 1230. The smallest absolute Gasteiger partial charge is 0.401 e. The summed E-state index contributed by atoms with van der Waals surface area (Å²) >= 11 is 0. The van der Waals surface area contributed by atoms with Crippen molar-refractivity contribution in [1.29, 1.82) is 0 Å². The van der Waals surface area contributed by atoms with Gasteiger partial charge in [-0.3, -0.25) is 0 Å². The Morgan fingerprint density at radius 3 is 1.50 bits per heavy atom. The molecule has 3 aromatic carbocycles. The molecule has 2 fully saturated rings. The van der Waals surface area contributed by atoms with Crippen LogP contribution in [0.5, 0.6) is 11.5 Å². The lowest BCUT2D eigenvalue weighted by Crippen LogP contribution is -2.21. The van der Waals surface area contributed by atoms with Crippen molar-refractivity contribution < 1.29 is 45.1 Å². The summed E-state index contributed by atoms with van der Waals surface area (Å²) in [5.41, 5.74) is 0. The quantitative estimate of drug-likeness (QED) is 0.235. The molecule has 2 atom stereocenters. The van der Waals surface area contributed by atoms with E-state index < -0.39 is 22.0 Å². The molecule has 40 heavy (non-hydrogen) atoms. The van der Waals surface area contributed by atoms with Gasteiger partial charge in [0.2, 0.25) is 0 Å². The van der Waals surface area contributed by atoms with Crippen LogP contribution in [0.3, 0.4) is 0 Å². The van der Waals surface area contributed by atoms with Gasteiger partial charge in [0.15, 0.2) is 27.3 Å². The Labute approximate surface area is 234 Å². The van der Waals surface area contributed by atoms with Gasteiger partial charge >= 0.3 is 6.18 Å².